The molecule has 0 atom stereocenters. The van der Waals surface area contributed by atoms with Crippen molar-refractivity contribution < 1.29 is 9.53 Å². The average molecular weight is 384 g/mol. The van der Waals surface area contributed by atoms with Crippen LogP contribution in [0.2, 0.25) is 0 Å². The number of carbonyl (C=O) groups excluding carboxylic acids is 1. The lowest BCUT2D eigenvalue weighted by Gasteiger charge is -2.05. The van der Waals surface area contributed by atoms with E-state index in [1.807, 2.05) is 79.7 Å². The van der Waals surface area contributed by atoms with Crippen LogP contribution in [0.1, 0.15) is 17.5 Å². The Labute approximate surface area is 168 Å². The molecule has 0 spiro atoms. The van der Waals surface area contributed by atoms with Gasteiger partial charge in [0.2, 0.25) is 5.82 Å². The van der Waals surface area contributed by atoms with Gasteiger partial charge in [0.05, 0.1) is 12.3 Å². The first kappa shape index (κ1) is 18.4. The van der Waals surface area contributed by atoms with Crippen LogP contribution in [0, 0.1) is 0 Å². The van der Waals surface area contributed by atoms with E-state index in [4.69, 9.17) is 4.74 Å². The van der Waals surface area contributed by atoms with Crippen LogP contribution >= 0.6 is 0 Å². The second-order valence-electron chi connectivity index (χ2n) is 6.28. The lowest BCUT2D eigenvalue weighted by Crippen LogP contribution is -2.14. The van der Waals surface area contributed by atoms with Crippen molar-refractivity contribution in [2.24, 2.45) is 0 Å². The summed E-state index contributed by atoms with van der Waals surface area (Å²) < 4.78 is 7.11. The highest BCUT2D eigenvalue weighted by molar-refractivity contribution is 6.01. The molecule has 0 aliphatic rings. The van der Waals surface area contributed by atoms with Crippen LogP contribution in [-0.2, 0) is 0 Å². The van der Waals surface area contributed by atoms with Gasteiger partial charge in [-0.3, -0.25) is 4.79 Å². The number of anilines is 1. The van der Waals surface area contributed by atoms with E-state index in [9.17, 15) is 4.79 Å². The fourth-order valence-electron chi connectivity index (χ4n) is 2.92. The van der Waals surface area contributed by atoms with Crippen molar-refractivity contribution in [2.75, 3.05) is 11.9 Å². The summed E-state index contributed by atoms with van der Waals surface area (Å²) in [5.41, 5.74) is 2.36. The van der Waals surface area contributed by atoms with Crippen LogP contribution in [-0.4, -0.2) is 27.3 Å². The molecule has 1 amide bonds. The number of nitrogens with zero attached hydrogens (tertiary/aromatic N) is 3. The fraction of sp³-hybridized carbons (Fsp3) is 0.0870. The highest BCUT2D eigenvalue weighted by atomic mass is 16.5. The van der Waals surface area contributed by atoms with E-state index in [0.29, 0.717) is 18.1 Å². The number of aromatic nitrogens is 3. The van der Waals surface area contributed by atoms with Crippen LogP contribution in [0.5, 0.6) is 5.75 Å². The number of carbonyl (C=O) groups is 1. The number of amides is 1. The largest absolute Gasteiger partial charge is 0.494 e. The summed E-state index contributed by atoms with van der Waals surface area (Å²) in [6, 6.07) is 26.5. The Balaban J connectivity index is 1.65. The topological polar surface area (TPSA) is 69.0 Å². The smallest absolute Gasteiger partial charge is 0.295 e. The van der Waals surface area contributed by atoms with Gasteiger partial charge in [-0.2, -0.15) is 0 Å². The zero-order chi connectivity index (χ0) is 20.1. The number of hydrogen-bond donors (Lipinski definition) is 1. The Morgan fingerprint density at radius 3 is 2.24 bits per heavy atom. The maximum atomic E-state index is 12.8. The molecule has 4 rings (SSSR count). The van der Waals surface area contributed by atoms with E-state index in [1.165, 1.54) is 0 Å². The third-order valence-electron chi connectivity index (χ3n) is 4.27. The molecule has 4 aromatic rings. The summed E-state index contributed by atoms with van der Waals surface area (Å²) in [6.45, 7) is 2.52. The third-order valence-corrected chi connectivity index (χ3v) is 4.27. The predicted molar refractivity (Wildman–Crippen MR) is 112 cm³/mol. The maximum Gasteiger partial charge on any atom is 0.295 e. The summed E-state index contributed by atoms with van der Waals surface area (Å²) in [4.78, 5) is 17.3. The minimum absolute atomic E-state index is 0.0987. The van der Waals surface area contributed by atoms with Crippen LogP contribution in [0.4, 0.5) is 5.69 Å². The Kier molecular flexibility index (Phi) is 5.33. The van der Waals surface area contributed by atoms with Gasteiger partial charge in [-0.05, 0) is 43.3 Å². The number of para-hydroxylation sites is 1. The number of rotatable bonds is 6. The molecular formula is C23H20N4O2. The molecule has 0 bridgehead atoms. The Morgan fingerprint density at radius 2 is 1.59 bits per heavy atom. The molecule has 1 N–H and O–H groups in total. The number of hydrogen-bond acceptors (Lipinski definition) is 4. The first-order chi connectivity index (χ1) is 14.2. The van der Waals surface area contributed by atoms with Gasteiger partial charge >= 0.3 is 0 Å². The Hall–Kier alpha value is -3.93. The molecule has 6 heteroatoms. The van der Waals surface area contributed by atoms with Crippen molar-refractivity contribution in [3.05, 3.63) is 90.8 Å². The number of benzene rings is 3. The molecule has 1 aromatic heterocycles. The second-order valence-corrected chi connectivity index (χ2v) is 6.28. The van der Waals surface area contributed by atoms with Gasteiger partial charge in [-0.25, -0.2) is 9.67 Å². The minimum Gasteiger partial charge on any atom is -0.494 e. The average Bonchev–Trinajstić information content (AvgIpc) is 3.22. The van der Waals surface area contributed by atoms with Gasteiger partial charge in [-0.1, -0.05) is 48.5 Å². The molecule has 0 saturated carbocycles. The normalized spacial score (nSPS) is 10.5. The van der Waals surface area contributed by atoms with Crippen molar-refractivity contribution in [2.45, 2.75) is 6.92 Å². The fourth-order valence-corrected chi connectivity index (χ4v) is 2.92. The van der Waals surface area contributed by atoms with Gasteiger partial charge in [0.25, 0.3) is 5.91 Å². The van der Waals surface area contributed by atoms with Gasteiger partial charge in [0.1, 0.15) is 5.75 Å². The van der Waals surface area contributed by atoms with Crippen molar-refractivity contribution in [1.82, 2.24) is 14.8 Å². The SMILES string of the molecule is CCOc1ccc(NC(=O)c2nc(-c3ccccc3)n(-c3ccccc3)n2)cc1. The van der Waals surface area contributed by atoms with Crippen LogP contribution in [0.3, 0.4) is 0 Å². The van der Waals surface area contributed by atoms with E-state index >= 15 is 0 Å². The Bertz CT molecular complexity index is 1030. The quantitative estimate of drug-likeness (QED) is 0.528. The van der Waals surface area contributed by atoms with Crippen molar-refractivity contribution >= 4 is 11.6 Å². The third kappa shape index (κ3) is 4.16. The van der Waals surface area contributed by atoms with Crippen LogP contribution < -0.4 is 10.1 Å². The molecule has 0 saturated heterocycles. The highest BCUT2D eigenvalue weighted by Gasteiger charge is 2.18. The maximum absolute atomic E-state index is 12.8. The van der Waals surface area contributed by atoms with Crippen LogP contribution in [0.15, 0.2) is 84.9 Å². The molecule has 6 nitrogen and oxygen atoms in total. The zero-order valence-electron chi connectivity index (χ0n) is 15.9. The molecule has 29 heavy (non-hydrogen) atoms. The highest BCUT2D eigenvalue weighted by Crippen LogP contribution is 2.22. The number of ether oxygens (including phenoxy) is 1. The van der Waals surface area contributed by atoms with Gasteiger partial charge in [0.15, 0.2) is 5.82 Å². The van der Waals surface area contributed by atoms with Crippen LogP contribution in [0.25, 0.3) is 17.1 Å². The molecule has 0 radical (unpaired) electrons. The zero-order valence-corrected chi connectivity index (χ0v) is 15.9. The van der Waals surface area contributed by atoms with E-state index in [0.717, 1.165) is 17.0 Å². The molecule has 0 aliphatic carbocycles. The molecule has 0 aliphatic heterocycles. The lowest BCUT2D eigenvalue weighted by molar-refractivity contribution is 0.101. The molecule has 144 valence electrons. The summed E-state index contributed by atoms with van der Waals surface area (Å²) in [5.74, 6) is 1.08. The second kappa shape index (κ2) is 8.39. The standard InChI is InChI=1S/C23H20N4O2/c1-2-29-20-15-13-18(14-16-20)24-23(28)21-25-22(17-9-5-3-6-10-17)27(26-21)19-11-7-4-8-12-19/h3-16H,2H2,1H3,(H,24,28). The van der Waals surface area contributed by atoms with Gasteiger partial charge in [-0.15, -0.1) is 5.10 Å². The first-order valence-electron chi connectivity index (χ1n) is 9.36. The molecule has 0 fully saturated rings. The van der Waals surface area contributed by atoms with Crippen molar-refractivity contribution in [3.8, 4) is 22.8 Å². The molecule has 3 aromatic carbocycles. The minimum atomic E-state index is -0.374. The monoisotopic (exact) mass is 384 g/mol. The molecule has 0 unspecified atom stereocenters. The Morgan fingerprint density at radius 1 is 0.931 bits per heavy atom. The van der Waals surface area contributed by atoms with Gasteiger partial charge < -0.3 is 10.1 Å². The van der Waals surface area contributed by atoms with Crippen molar-refractivity contribution in [3.63, 3.8) is 0 Å². The summed E-state index contributed by atoms with van der Waals surface area (Å²) in [6.07, 6.45) is 0. The predicted octanol–water partition coefficient (Wildman–Crippen LogP) is 4.59. The lowest BCUT2D eigenvalue weighted by atomic mass is 10.2. The summed E-state index contributed by atoms with van der Waals surface area (Å²) in [7, 11) is 0. The van der Waals surface area contributed by atoms with E-state index in [2.05, 4.69) is 15.4 Å². The van der Waals surface area contributed by atoms with E-state index in [-0.39, 0.29) is 11.7 Å². The first-order valence-corrected chi connectivity index (χ1v) is 9.36. The van der Waals surface area contributed by atoms with Gasteiger partial charge in [0, 0.05) is 11.3 Å². The summed E-state index contributed by atoms with van der Waals surface area (Å²) >= 11 is 0. The van der Waals surface area contributed by atoms with E-state index < -0.39 is 0 Å². The number of nitrogens with one attached hydrogen (secondary N) is 1. The molecular weight excluding hydrogens is 364 g/mol. The van der Waals surface area contributed by atoms with E-state index in [1.54, 1.807) is 16.8 Å². The van der Waals surface area contributed by atoms with Crippen molar-refractivity contribution in [1.29, 1.82) is 0 Å². The molecule has 1 heterocycles. The summed E-state index contributed by atoms with van der Waals surface area (Å²) in [5, 5.41) is 7.31.